The maximum absolute atomic E-state index is 10.8. The van der Waals surface area contributed by atoms with E-state index in [1.165, 1.54) is 12.3 Å². The van der Waals surface area contributed by atoms with Crippen molar-refractivity contribution in [1.29, 1.82) is 0 Å². The van der Waals surface area contributed by atoms with Gasteiger partial charge >= 0.3 is 6.21 Å². The van der Waals surface area contributed by atoms with Crippen LogP contribution in [0.25, 0.3) is 5.53 Å². The summed E-state index contributed by atoms with van der Waals surface area (Å²) >= 11 is 0. The molecule has 0 N–H and O–H groups in total. The fourth-order valence-electron chi connectivity index (χ4n) is 0.552. The van der Waals surface area contributed by atoms with Gasteiger partial charge in [-0.15, -0.1) is 5.10 Å². The minimum atomic E-state index is -0.472. The molecule has 0 saturated heterocycles. The number of rotatable bonds is 2. The summed E-state index contributed by atoms with van der Waals surface area (Å²) in [5, 5.41) is 6.97. The van der Waals surface area contributed by atoms with Gasteiger partial charge < -0.3 is 5.53 Å². The molecule has 0 spiro atoms. The molecule has 1 rings (SSSR count). The summed E-state index contributed by atoms with van der Waals surface area (Å²) < 4.78 is 0. The van der Waals surface area contributed by atoms with Crippen LogP contribution in [0.4, 0.5) is 0 Å². The predicted octanol–water partition coefficient (Wildman–Crippen LogP) is -0.0401. The van der Waals surface area contributed by atoms with E-state index in [4.69, 9.17) is 5.53 Å². The Balaban J connectivity index is 2.94. The van der Waals surface area contributed by atoms with E-state index in [0.717, 1.165) is 6.21 Å². The average Bonchev–Trinajstić information content (AvgIpc) is 2.07. The highest BCUT2D eigenvalue weighted by Gasteiger charge is 2.06. The van der Waals surface area contributed by atoms with E-state index >= 15 is 0 Å². The van der Waals surface area contributed by atoms with Gasteiger partial charge in [-0.05, 0) is 12.1 Å². The van der Waals surface area contributed by atoms with E-state index in [1.54, 1.807) is 6.07 Å². The van der Waals surface area contributed by atoms with Crippen LogP contribution in [-0.2, 0) is 0 Å². The number of hydrogen-bond donors (Lipinski definition) is 0. The molecule has 0 aliphatic rings. The molecule has 0 bridgehead atoms. The van der Waals surface area contributed by atoms with Crippen molar-refractivity contribution in [2.24, 2.45) is 0 Å². The highest BCUT2D eigenvalue weighted by atomic mass is 16.1. The Morgan fingerprint density at radius 2 is 2.55 bits per heavy atom. The highest BCUT2D eigenvalue weighted by molar-refractivity contribution is 6.32. The predicted molar refractivity (Wildman–Crippen MR) is 36.0 cm³/mol. The van der Waals surface area contributed by atoms with E-state index < -0.39 is 5.78 Å². The van der Waals surface area contributed by atoms with E-state index in [-0.39, 0.29) is 5.69 Å². The molecule has 0 radical (unpaired) electrons. The number of Topliss-reactive ketones (excluding diaryl/α,β-unsaturated/α-hetero) is 1. The van der Waals surface area contributed by atoms with Crippen LogP contribution in [0.15, 0.2) is 18.3 Å². The molecule has 0 amide bonds. The molecule has 0 saturated carbocycles. The number of aromatic nitrogens is 2. The second kappa shape index (κ2) is 3.34. The maximum atomic E-state index is 10.8. The van der Waals surface area contributed by atoms with Gasteiger partial charge in [0.1, 0.15) is 5.69 Å². The summed E-state index contributed by atoms with van der Waals surface area (Å²) in [6.45, 7) is 0. The van der Waals surface area contributed by atoms with Crippen LogP contribution in [0.3, 0.4) is 0 Å². The highest BCUT2D eigenvalue weighted by Crippen LogP contribution is 1.89. The smallest absolute Gasteiger partial charge is 0.329 e. The third-order valence-corrected chi connectivity index (χ3v) is 1.000. The van der Waals surface area contributed by atoms with Gasteiger partial charge in [0.25, 0.3) is 5.78 Å². The first-order valence-corrected chi connectivity index (χ1v) is 2.84. The first-order valence-electron chi connectivity index (χ1n) is 2.84. The summed E-state index contributed by atoms with van der Waals surface area (Å²) in [4.78, 5) is 13.4. The molecule has 0 aliphatic heterocycles. The van der Waals surface area contributed by atoms with E-state index in [2.05, 4.69) is 15.0 Å². The quantitative estimate of drug-likeness (QED) is 0.255. The topological polar surface area (TPSA) is 79.3 Å². The molecule has 54 valence electrons. The number of hydrogen-bond acceptors (Lipinski definition) is 3. The first-order chi connectivity index (χ1) is 5.34. The molecule has 5 nitrogen and oxygen atoms in total. The van der Waals surface area contributed by atoms with Crippen LogP contribution >= 0.6 is 0 Å². The van der Waals surface area contributed by atoms with E-state index in [0.29, 0.717) is 0 Å². The molecule has 11 heavy (non-hydrogen) atoms. The second-order valence-electron chi connectivity index (χ2n) is 1.72. The van der Waals surface area contributed by atoms with Crippen molar-refractivity contribution in [2.45, 2.75) is 0 Å². The molecule has 0 fully saturated rings. The molecule has 0 unspecified atom stereocenters. The molecule has 0 aromatic carbocycles. The lowest BCUT2D eigenvalue weighted by Gasteiger charge is -1.85. The van der Waals surface area contributed by atoms with Crippen molar-refractivity contribution in [1.82, 2.24) is 10.2 Å². The van der Waals surface area contributed by atoms with E-state index in [1.807, 2.05) is 0 Å². The standard InChI is InChI=1S/C6H4N4O/c7-8-4-6(11)5-2-1-3-9-10-5/h1-4H. The normalized spacial score (nSPS) is 8.36. The van der Waals surface area contributed by atoms with Crippen molar-refractivity contribution in [3.63, 3.8) is 0 Å². The maximum Gasteiger partial charge on any atom is 0.329 e. The Hall–Kier alpha value is -1.87. The monoisotopic (exact) mass is 148 g/mol. The Morgan fingerprint density at radius 3 is 3.09 bits per heavy atom. The molecule has 1 heterocycles. The zero-order valence-corrected chi connectivity index (χ0v) is 5.51. The van der Waals surface area contributed by atoms with Gasteiger partial charge in [0.05, 0.1) is 0 Å². The molecule has 0 atom stereocenters. The largest absolute Gasteiger partial charge is 0.361 e. The second-order valence-corrected chi connectivity index (χ2v) is 1.72. The summed E-state index contributed by atoms with van der Waals surface area (Å²) in [5.74, 6) is -0.472. The van der Waals surface area contributed by atoms with Crippen molar-refractivity contribution >= 4 is 12.0 Å². The Bertz CT molecular complexity index is 302. The van der Waals surface area contributed by atoms with Crippen LogP contribution in [0.2, 0.25) is 0 Å². The number of carbonyl (C=O) groups is 1. The molecule has 0 aliphatic carbocycles. The van der Waals surface area contributed by atoms with Crippen molar-refractivity contribution in [3.8, 4) is 0 Å². The fraction of sp³-hybridized carbons (Fsp3) is 0. The summed E-state index contributed by atoms with van der Waals surface area (Å²) in [5.41, 5.74) is 8.16. The molecule has 5 heteroatoms. The lowest BCUT2D eigenvalue weighted by molar-refractivity contribution is 0.00229. The lowest BCUT2D eigenvalue weighted by atomic mass is 10.3. The summed E-state index contributed by atoms with van der Waals surface area (Å²) in [7, 11) is 0. The van der Waals surface area contributed by atoms with Crippen LogP contribution in [0.1, 0.15) is 10.5 Å². The van der Waals surface area contributed by atoms with Gasteiger partial charge in [0.2, 0.25) is 0 Å². The summed E-state index contributed by atoms with van der Waals surface area (Å²) in [6.07, 6.45) is 2.22. The number of nitrogens with zero attached hydrogens (tertiary/aromatic N) is 4. The van der Waals surface area contributed by atoms with Gasteiger partial charge in [-0.25, -0.2) is 0 Å². The third kappa shape index (κ3) is 1.77. The zero-order valence-electron chi connectivity index (χ0n) is 5.51. The Morgan fingerprint density at radius 1 is 1.73 bits per heavy atom. The Kier molecular flexibility index (Phi) is 2.20. The van der Waals surface area contributed by atoms with Gasteiger partial charge in [-0.1, -0.05) is 0 Å². The molecular weight excluding hydrogens is 144 g/mol. The minimum absolute atomic E-state index is 0.158. The van der Waals surface area contributed by atoms with Gasteiger partial charge in [-0.2, -0.15) is 9.89 Å². The number of carbonyl (C=O) groups excluding carboxylic acids is 1. The Labute approximate surface area is 62.3 Å². The first kappa shape index (κ1) is 7.24. The average molecular weight is 148 g/mol. The molecule has 1 aromatic rings. The lowest BCUT2D eigenvalue weighted by Crippen LogP contribution is -2.04. The van der Waals surface area contributed by atoms with Crippen LogP contribution in [-0.4, -0.2) is 27.0 Å². The molecular formula is C6H4N4O. The van der Waals surface area contributed by atoms with Crippen molar-refractivity contribution < 1.29 is 9.58 Å². The molecule has 1 aromatic heterocycles. The van der Waals surface area contributed by atoms with Crippen LogP contribution in [0.5, 0.6) is 0 Å². The third-order valence-electron chi connectivity index (χ3n) is 1.000. The fourth-order valence-corrected chi connectivity index (χ4v) is 0.552. The summed E-state index contributed by atoms with van der Waals surface area (Å²) in [6, 6.07) is 3.06. The van der Waals surface area contributed by atoms with Gasteiger partial charge in [0, 0.05) is 6.20 Å². The minimum Gasteiger partial charge on any atom is -0.361 e. The van der Waals surface area contributed by atoms with Crippen LogP contribution in [0, 0.1) is 0 Å². The SMILES string of the molecule is [N-]=[N+]=CC(=O)c1cccnn1. The van der Waals surface area contributed by atoms with Gasteiger partial charge in [0.15, 0.2) is 0 Å². The van der Waals surface area contributed by atoms with Crippen molar-refractivity contribution in [2.75, 3.05) is 0 Å². The zero-order chi connectivity index (χ0) is 8.10. The van der Waals surface area contributed by atoms with Crippen LogP contribution < -0.4 is 0 Å². The van der Waals surface area contributed by atoms with Gasteiger partial charge in [-0.3, -0.25) is 4.79 Å². The van der Waals surface area contributed by atoms with Crippen molar-refractivity contribution in [3.05, 3.63) is 29.6 Å². The number of ketones is 1. The van der Waals surface area contributed by atoms with E-state index in [9.17, 15) is 4.79 Å².